The van der Waals surface area contributed by atoms with Crippen LogP contribution in [0.1, 0.15) is 18.5 Å². The zero-order valence-corrected chi connectivity index (χ0v) is 11.4. The van der Waals surface area contributed by atoms with Crippen LogP contribution < -0.4 is 5.73 Å². The maximum atomic E-state index is 13.7. The van der Waals surface area contributed by atoms with Gasteiger partial charge < -0.3 is 15.6 Å². The second-order valence-corrected chi connectivity index (χ2v) is 4.41. The summed E-state index contributed by atoms with van der Waals surface area (Å²) in [7, 11) is 0. The summed E-state index contributed by atoms with van der Waals surface area (Å²) >= 11 is 2.69. The van der Waals surface area contributed by atoms with Gasteiger partial charge in [-0.2, -0.15) is 8.78 Å². The molecule has 0 unspecified atom stereocenters. The number of carbonyl (C=O) groups excluding carboxylic acids is 1. The standard InChI is InChI=1S/C11H11BrF3NO3/c1-2-19-10(18)11(14,15)9(16)5-3-4-6(13)7(12)8(5)17/h3-4,9,17H,2,16H2,1H3/t9-/m1/s1. The van der Waals surface area contributed by atoms with Crippen LogP contribution in [0.5, 0.6) is 5.75 Å². The molecule has 0 aliphatic rings. The van der Waals surface area contributed by atoms with E-state index in [4.69, 9.17) is 5.73 Å². The maximum Gasteiger partial charge on any atom is 0.379 e. The van der Waals surface area contributed by atoms with Gasteiger partial charge >= 0.3 is 11.9 Å². The molecule has 0 aliphatic heterocycles. The Bertz CT molecular complexity index is 496. The van der Waals surface area contributed by atoms with Crippen molar-refractivity contribution in [2.24, 2.45) is 5.73 Å². The molecule has 3 N–H and O–H groups in total. The van der Waals surface area contributed by atoms with Crippen LogP contribution in [-0.4, -0.2) is 23.6 Å². The molecule has 0 saturated carbocycles. The molecule has 0 aromatic heterocycles. The van der Waals surface area contributed by atoms with E-state index >= 15 is 0 Å². The van der Waals surface area contributed by atoms with Crippen molar-refractivity contribution in [3.63, 3.8) is 0 Å². The first-order chi connectivity index (χ1) is 8.73. The Balaban J connectivity index is 3.16. The zero-order valence-electron chi connectivity index (χ0n) is 9.79. The molecule has 1 aromatic carbocycles. The second kappa shape index (κ2) is 5.79. The Labute approximate surface area is 115 Å². The highest BCUT2D eigenvalue weighted by Gasteiger charge is 2.48. The molecule has 8 heteroatoms. The summed E-state index contributed by atoms with van der Waals surface area (Å²) in [6.45, 7) is 1.13. The molecule has 1 atom stereocenters. The molecule has 0 aliphatic carbocycles. The van der Waals surface area contributed by atoms with Crippen molar-refractivity contribution in [3.8, 4) is 5.75 Å². The van der Waals surface area contributed by atoms with E-state index in [1.165, 1.54) is 6.92 Å². The lowest BCUT2D eigenvalue weighted by molar-refractivity contribution is -0.174. The smallest absolute Gasteiger partial charge is 0.379 e. The van der Waals surface area contributed by atoms with Crippen LogP contribution in [0.15, 0.2) is 16.6 Å². The van der Waals surface area contributed by atoms with Crippen LogP contribution in [0.3, 0.4) is 0 Å². The molecule has 106 valence electrons. The fraction of sp³-hybridized carbons (Fsp3) is 0.364. The summed E-state index contributed by atoms with van der Waals surface area (Å²) in [6.07, 6.45) is 0. The Morgan fingerprint density at radius 3 is 2.68 bits per heavy atom. The molecule has 0 radical (unpaired) electrons. The number of alkyl halides is 2. The minimum Gasteiger partial charge on any atom is -0.506 e. The maximum absolute atomic E-state index is 13.7. The zero-order chi connectivity index (χ0) is 14.8. The first-order valence-corrected chi connectivity index (χ1v) is 6.00. The van der Waals surface area contributed by atoms with Crippen molar-refractivity contribution in [1.29, 1.82) is 0 Å². The fourth-order valence-electron chi connectivity index (χ4n) is 1.36. The summed E-state index contributed by atoms with van der Waals surface area (Å²) in [4.78, 5) is 11.1. The van der Waals surface area contributed by atoms with E-state index in [-0.39, 0.29) is 6.61 Å². The summed E-state index contributed by atoms with van der Waals surface area (Å²) in [5.74, 6) is -7.46. The SMILES string of the molecule is CCOC(=O)C(F)(F)[C@H](N)c1ccc(F)c(Br)c1O. The third kappa shape index (κ3) is 3.01. The number of hydrogen-bond donors (Lipinski definition) is 2. The summed E-state index contributed by atoms with van der Waals surface area (Å²) < 4.78 is 44.2. The van der Waals surface area contributed by atoms with E-state index in [1.54, 1.807) is 0 Å². The number of rotatable bonds is 4. The fourth-order valence-corrected chi connectivity index (χ4v) is 1.72. The first kappa shape index (κ1) is 15.8. The molecule has 0 amide bonds. The predicted octanol–water partition coefficient (Wildman–Crippen LogP) is 2.49. The van der Waals surface area contributed by atoms with E-state index in [0.29, 0.717) is 0 Å². The summed E-state index contributed by atoms with van der Waals surface area (Å²) in [6, 6.07) is -0.420. The molecule has 19 heavy (non-hydrogen) atoms. The van der Waals surface area contributed by atoms with Crippen LogP contribution in [0.25, 0.3) is 0 Å². The van der Waals surface area contributed by atoms with Gasteiger partial charge in [-0.1, -0.05) is 6.07 Å². The molecule has 0 heterocycles. The van der Waals surface area contributed by atoms with Crippen molar-refractivity contribution in [2.75, 3.05) is 6.61 Å². The third-order valence-electron chi connectivity index (χ3n) is 2.37. The average molecular weight is 342 g/mol. The Hall–Kier alpha value is -1.28. The lowest BCUT2D eigenvalue weighted by Crippen LogP contribution is -2.41. The van der Waals surface area contributed by atoms with Crippen LogP contribution in [0, 0.1) is 5.82 Å². The highest BCUT2D eigenvalue weighted by atomic mass is 79.9. The number of phenols is 1. The predicted molar refractivity (Wildman–Crippen MR) is 64.3 cm³/mol. The highest BCUT2D eigenvalue weighted by Crippen LogP contribution is 2.39. The van der Waals surface area contributed by atoms with Crippen molar-refractivity contribution in [3.05, 3.63) is 28.0 Å². The van der Waals surface area contributed by atoms with E-state index < -0.39 is 39.5 Å². The number of benzene rings is 1. The monoisotopic (exact) mass is 341 g/mol. The molecule has 1 rings (SSSR count). The normalized spacial score (nSPS) is 13.2. The molecular weight excluding hydrogens is 331 g/mol. The van der Waals surface area contributed by atoms with Crippen LogP contribution in [0.2, 0.25) is 0 Å². The minimum atomic E-state index is -4.04. The van der Waals surface area contributed by atoms with Gasteiger partial charge in [0.15, 0.2) is 0 Å². The average Bonchev–Trinajstić information content (AvgIpc) is 2.35. The largest absolute Gasteiger partial charge is 0.506 e. The lowest BCUT2D eigenvalue weighted by atomic mass is 10.0. The van der Waals surface area contributed by atoms with Gasteiger partial charge in [0.1, 0.15) is 17.6 Å². The topological polar surface area (TPSA) is 72.5 Å². The van der Waals surface area contributed by atoms with Gasteiger partial charge in [0.05, 0.1) is 11.1 Å². The number of esters is 1. The Kier molecular flexibility index (Phi) is 4.81. The molecular formula is C11H11BrF3NO3. The highest BCUT2D eigenvalue weighted by molar-refractivity contribution is 9.10. The number of nitrogens with two attached hydrogens (primary N) is 1. The minimum absolute atomic E-state index is 0.236. The van der Waals surface area contributed by atoms with Crippen molar-refractivity contribution < 1.29 is 27.8 Å². The molecule has 0 saturated heterocycles. The number of halogens is 4. The Morgan fingerprint density at radius 2 is 2.16 bits per heavy atom. The van der Waals surface area contributed by atoms with E-state index in [9.17, 15) is 23.1 Å². The van der Waals surface area contributed by atoms with Crippen molar-refractivity contribution in [2.45, 2.75) is 18.9 Å². The van der Waals surface area contributed by atoms with Crippen molar-refractivity contribution in [1.82, 2.24) is 0 Å². The number of phenolic OH excluding ortho intramolecular Hbond substituents is 1. The van der Waals surface area contributed by atoms with Gasteiger partial charge in [0.2, 0.25) is 0 Å². The second-order valence-electron chi connectivity index (χ2n) is 3.62. The molecule has 0 spiro atoms. The third-order valence-corrected chi connectivity index (χ3v) is 3.13. The van der Waals surface area contributed by atoms with Crippen LogP contribution in [0.4, 0.5) is 13.2 Å². The van der Waals surface area contributed by atoms with Gasteiger partial charge in [-0.15, -0.1) is 0 Å². The quantitative estimate of drug-likeness (QED) is 0.825. The molecule has 0 fully saturated rings. The van der Waals surface area contributed by atoms with E-state index in [2.05, 4.69) is 20.7 Å². The van der Waals surface area contributed by atoms with Gasteiger partial charge in [-0.3, -0.25) is 0 Å². The van der Waals surface area contributed by atoms with Gasteiger partial charge in [-0.25, -0.2) is 9.18 Å². The van der Waals surface area contributed by atoms with Crippen LogP contribution in [-0.2, 0) is 9.53 Å². The number of ether oxygens (including phenoxy) is 1. The van der Waals surface area contributed by atoms with E-state index in [0.717, 1.165) is 12.1 Å². The number of hydrogen-bond acceptors (Lipinski definition) is 4. The van der Waals surface area contributed by atoms with Gasteiger partial charge in [0.25, 0.3) is 0 Å². The lowest BCUT2D eigenvalue weighted by Gasteiger charge is -2.22. The van der Waals surface area contributed by atoms with Crippen LogP contribution >= 0.6 is 15.9 Å². The first-order valence-electron chi connectivity index (χ1n) is 5.20. The molecule has 4 nitrogen and oxygen atoms in total. The molecule has 0 bridgehead atoms. The number of aromatic hydroxyl groups is 1. The van der Waals surface area contributed by atoms with Gasteiger partial charge in [0, 0.05) is 5.56 Å². The summed E-state index contributed by atoms with van der Waals surface area (Å²) in [5, 5.41) is 9.57. The van der Waals surface area contributed by atoms with E-state index in [1.807, 2.05) is 0 Å². The molecule has 1 aromatic rings. The summed E-state index contributed by atoms with van der Waals surface area (Å²) in [5.41, 5.74) is 4.80. The van der Waals surface area contributed by atoms with Crippen molar-refractivity contribution >= 4 is 21.9 Å². The van der Waals surface area contributed by atoms with Gasteiger partial charge in [-0.05, 0) is 28.9 Å². The number of carbonyl (C=O) groups is 1. The Morgan fingerprint density at radius 1 is 1.58 bits per heavy atom.